The van der Waals surface area contributed by atoms with E-state index in [1.54, 1.807) is 18.2 Å². The van der Waals surface area contributed by atoms with Crippen LogP contribution in [-0.2, 0) is 9.53 Å². The molecule has 104 valence electrons. The summed E-state index contributed by atoms with van der Waals surface area (Å²) in [7, 11) is 0. The molecule has 1 amide bonds. The number of aliphatic hydroxyl groups excluding tert-OH is 2. The molecule has 1 heterocycles. The number of nitrogens with zero attached hydrogens (tertiary/aromatic N) is 1. The molecule has 0 bridgehead atoms. The molecule has 1 aliphatic heterocycles. The summed E-state index contributed by atoms with van der Waals surface area (Å²) in [5.41, 5.74) is 0.713. The Bertz CT molecular complexity index is 454. The highest BCUT2D eigenvalue weighted by atomic mass is 35.5. The van der Waals surface area contributed by atoms with Gasteiger partial charge in [-0.25, -0.2) is 0 Å². The third kappa shape index (κ3) is 2.90. The molecule has 19 heavy (non-hydrogen) atoms. The number of ether oxygens (including phenoxy) is 1. The van der Waals surface area contributed by atoms with Crippen LogP contribution in [0.3, 0.4) is 0 Å². The second kappa shape index (κ2) is 6.34. The Morgan fingerprint density at radius 2 is 2.16 bits per heavy atom. The lowest BCUT2D eigenvalue weighted by Crippen LogP contribution is -2.50. The van der Waals surface area contributed by atoms with E-state index in [0.717, 1.165) is 0 Å². The van der Waals surface area contributed by atoms with Crippen molar-refractivity contribution in [2.24, 2.45) is 0 Å². The second-order valence-electron chi connectivity index (χ2n) is 4.30. The number of aliphatic hydroxyl groups is 2. The third-order valence-electron chi connectivity index (χ3n) is 3.21. The van der Waals surface area contributed by atoms with E-state index in [-0.39, 0.29) is 6.61 Å². The Kier molecular flexibility index (Phi) is 4.76. The van der Waals surface area contributed by atoms with Crippen LogP contribution in [0.25, 0.3) is 0 Å². The summed E-state index contributed by atoms with van der Waals surface area (Å²) >= 11 is 6.16. The van der Waals surface area contributed by atoms with Crippen molar-refractivity contribution in [2.75, 3.05) is 26.4 Å². The van der Waals surface area contributed by atoms with Crippen molar-refractivity contribution in [1.82, 2.24) is 4.90 Å². The van der Waals surface area contributed by atoms with E-state index in [9.17, 15) is 9.90 Å². The summed E-state index contributed by atoms with van der Waals surface area (Å²) in [5.74, 6) is -0.397. The van der Waals surface area contributed by atoms with E-state index in [1.807, 2.05) is 6.07 Å². The normalized spacial score (nSPS) is 23.4. The van der Waals surface area contributed by atoms with Crippen LogP contribution in [-0.4, -0.2) is 53.5 Å². The highest BCUT2D eigenvalue weighted by Crippen LogP contribution is 2.33. The number of carbonyl (C=O) groups excluding carboxylic acids is 1. The molecule has 1 aromatic rings. The van der Waals surface area contributed by atoms with Crippen LogP contribution in [0.2, 0.25) is 5.02 Å². The molecule has 0 radical (unpaired) electrons. The Balaban J connectivity index is 2.39. The van der Waals surface area contributed by atoms with Gasteiger partial charge < -0.3 is 19.8 Å². The minimum Gasteiger partial charge on any atom is -0.394 e. The minimum absolute atomic E-state index is 0.217. The maximum atomic E-state index is 11.8. The smallest absolute Gasteiger partial charge is 0.248 e. The highest BCUT2D eigenvalue weighted by Gasteiger charge is 2.36. The summed E-state index contributed by atoms with van der Waals surface area (Å²) in [6.07, 6.45) is -0.538. The van der Waals surface area contributed by atoms with Crippen LogP contribution < -0.4 is 0 Å². The van der Waals surface area contributed by atoms with Gasteiger partial charge in [0.1, 0.15) is 12.7 Å². The molecule has 6 heteroatoms. The van der Waals surface area contributed by atoms with E-state index in [4.69, 9.17) is 21.4 Å². The molecule has 0 spiro atoms. The lowest BCUT2D eigenvalue weighted by Gasteiger charge is -2.41. The Hall–Kier alpha value is -1.14. The zero-order valence-corrected chi connectivity index (χ0v) is 11.1. The van der Waals surface area contributed by atoms with Crippen molar-refractivity contribution in [3.63, 3.8) is 0 Å². The molecule has 1 aliphatic rings. The van der Waals surface area contributed by atoms with Crippen LogP contribution >= 0.6 is 11.6 Å². The SMILES string of the molecule is O=C(CO)N1CCO[C@@H](CO)[C@@H]1c1ccccc1Cl. The van der Waals surface area contributed by atoms with E-state index in [1.165, 1.54) is 4.90 Å². The van der Waals surface area contributed by atoms with Crippen molar-refractivity contribution in [3.05, 3.63) is 34.9 Å². The van der Waals surface area contributed by atoms with Crippen molar-refractivity contribution in [2.45, 2.75) is 12.1 Å². The van der Waals surface area contributed by atoms with E-state index in [0.29, 0.717) is 23.7 Å². The quantitative estimate of drug-likeness (QED) is 0.853. The number of hydrogen-bond acceptors (Lipinski definition) is 4. The average molecular weight is 286 g/mol. The van der Waals surface area contributed by atoms with E-state index >= 15 is 0 Å². The molecule has 0 aromatic heterocycles. The van der Waals surface area contributed by atoms with Crippen molar-refractivity contribution >= 4 is 17.5 Å². The molecule has 1 saturated heterocycles. The van der Waals surface area contributed by atoms with Gasteiger partial charge in [-0.05, 0) is 11.6 Å². The van der Waals surface area contributed by atoms with Gasteiger partial charge in [-0.15, -0.1) is 0 Å². The lowest BCUT2D eigenvalue weighted by molar-refractivity contribution is -0.152. The lowest BCUT2D eigenvalue weighted by atomic mass is 9.98. The summed E-state index contributed by atoms with van der Waals surface area (Å²) in [5, 5.41) is 19.0. The Morgan fingerprint density at radius 3 is 2.79 bits per heavy atom. The Labute approximate surface area is 116 Å². The molecular formula is C13H16ClNO4. The highest BCUT2D eigenvalue weighted by molar-refractivity contribution is 6.31. The first-order valence-corrected chi connectivity index (χ1v) is 6.44. The van der Waals surface area contributed by atoms with E-state index in [2.05, 4.69) is 0 Å². The summed E-state index contributed by atoms with van der Waals surface area (Å²) in [6, 6.07) is 6.64. The first-order valence-electron chi connectivity index (χ1n) is 6.06. The Morgan fingerprint density at radius 1 is 1.42 bits per heavy atom. The van der Waals surface area contributed by atoms with Crippen molar-refractivity contribution in [1.29, 1.82) is 0 Å². The molecule has 1 aromatic carbocycles. The van der Waals surface area contributed by atoms with Gasteiger partial charge in [-0.2, -0.15) is 0 Å². The number of carbonyl (C=O) groups is 1. The first-order chi connectivity index (χ1) is 9.19. The largest absolute Gasteiger partial charge is 0.394 e. The van der Waals surface area contributed by atoms with Gasteiger partial charge in [0.05, 0.1) is 19.3 Å². The molecule has 0 aliphatic carbocycles. The van der Waals surface area contributed by atoms with Gasteiger partial charge in [-0.3, -0.25) is 4.79 Å². The van der Waals surface area contributed by atoms with Gasteiger partial charge in [0.15, 0.2) is 0 Å². The molecule has 5 nitrogen and oxygen atoms in total. The van der Waals surface area contributed by atoms with Crippen LogP contribution in [0, 0.1) is 0 Å². The maximum Gasteiger partial charge on any atom is 0.248 e. The summed E-state index contributed by atoms with van der Waals surface area (Å²) < 4.78 is 5.49. The molecular weight excluding hydrogens is 270 g/mol. The zero-order valence-electron chi connectivity index (χ0n) is 10.3. The van der Waals surface area contributed by atoms with Gasteiger partial charge in [-0.1, -0.05) is 29.8 Å². The standard InChI is InChI=1S/C13H16ClNO4/c14-10-4-2-1-3-9(10)13-11(7-16)19-6-5-15(13)12(18)8-17/h1-4,11,13,16-17H,5-8H2/t11-,13-/m0/s1. The van der Waals surface area contributed by atoms with Crippen LogP contribution in [0.5, 0.6) is 0 Å². The fourth-order valence-electron chi connectivity index (χ4n) is 2.34. The first kappa shape index (κ1) is 14.3. The van der Waals surface area contributed by atoms with Crippen LogP contribution in [0.4, 0.5) is 0 Å². The summed E-state index contributed by atoms with van der Waals surface area (Å²) in [6.45, 7) is -0.0894. The van der Waals surface area contributed by atoms with Gasteiger partial charge in [0.2, 0.25) is 5.91 Å². The predicted molar refractivity (Wildman–Crippen MR) is 69.8 cm³/mol. The average Bonchev–Trinajstić information content (AvgIpc) is 2.46. The number of halogens is 1. The van der Waals surface area contributed by atoms with Crippen molar-refractivity contribution < 1.29 is 19.7 Å². The molecule has 0 unspecified atom stereocenters. The number of amides is 1. The molecule has 2 N–H and O–H groups in total. The van der Waals surface area contributed by atoms with Gasteiger partial charge in [0, 0.05) is 11.6 Å². The fourth-order valence-corrected chi connectivity index (χ4v) is 2.59. The maximum absolute atomic E-state index is 11.8. The fraction of sp³-hybridized carbons (Fsp3) is 0.462. The van der Waals surface area contributed by atoms with Gasteiger partial charge in [0.25, 0.3) is 0 Å². The van der Waals surface area contributed by atoms with Crippen LogP contribution in [0.15, 0.2) is 24.3 Å². The molecule has 0 saturated carbocycles. The summed E-state index contributed by atoms with van der Waals surface area (Å²) in [4.78, 5) is 13.3. The van der Waals surface area contributed by atoms with Gasteiger partial charge >= 0.3 is 0 Å². The number of morpholine rings is 1. The second-order valence-corrected chi connectivity index (χ2v) is 4.71. The number of benzene rings is 1. The van der Waals surface area contributed by atoms with E-state index < -0.39 is 24.7 Å². The topological polar surface area (TPSA) is 70.0 Å². The van der Waals surface area contributed by atoms with Crippen LogP contribution in [0.1, 0.15) is 11.6 Å². The monoisotopic (exact) mass is 285 g/mol. The molecule has 1 fully saturated rings. The number of hydrogen-bond donors (Lipinski definition) is 2. The minimum atomic E-state index is -0.570. The molecule has 2 atom stereocenters. The number of rotatable bonds is 3. The predicted octanol–water partition coefficient (Wildman–Crippen LogP) is 0.593. The third-order valence-corrected chi connectivity index (χ3v) is 3.56. The zero-order chi connectivity index (χ0) is 13.8. The van der Waals surface area contributed by atoms with Crippen molar-refractivity contribution in [3.8, 4) is 0 Å². The molecule has 2 rings (SSSR count).